The van der Waals surface area contributed by atoms with E-state index in [2.05, 4.69) is 5.32 Å². The second-order valence-electron chi connectivity index (χ2n) is 10.3. The Morgan fingerprint density at radius 3 is 2.11 bits per heavy atom. The van der Waals surface area contributed by atoms with Crippen molar-refractivity contribution in [1.29, 1.82) is 0 Å². The van der Waals surface area contributed by atoms with Gasteiger partial charge in [-0.3, -0.25) is 9.59 Å². The molecule has 1 aliphatic heterocycles. The molecule has 0 radical (unpaired) electrons. The van der Waals surface area contributed by atoms with Gasteiger partial charge >= 0.3 is 18.0 Å². The summed E-state index contributed by atoms with van der Waals surface area (Å²) in [7, 11) is -1.77. The van der Waals surface area contributed by atoms with Crippen molar-refractivity contribution in [3.63, 3.8) is 0 Å². The fourth-order valence-corrected chi connectivity index (χ4v) is 7.41. The zero-order chi connectivity index (χ0) is 27.0. The van der Waals surface area contributed by atoms with Gasteiger partial charge in [-0.1, -0.05) is 30.5 Å². The van der Waals surface area contributed by atoms with Crippen LogP contribution in [0.4, 0.5) is 4.79 Å². The van der Waals surface area contributed by atoms with Crippen LogP contribution < -0.4 is 5.32 Å². The first-order valence-corrected chi connectivity index (χ1v) is 13.8. The molecule has 1 aromatic carbocycles. The molecule has 0 spiro atoms. The number of alkyl carbamates (subject to hydrolysis) is 1. The molecule has 4 atom stereocenters. The van der Waals surface area contributed by atoms with Gasteiger partial charge in [-0.05, 0) is 38.3 Å². The molecule has 1 heterocycles. The van der Waals surface area contributed by atoms with E-state index in [1.54, 1.807) is 12.1 Å². The first-order chi connectivity index (χ1) is 17.4. The minimum absolute atomic E-state index is 0.0138. The summed E-state index contributed by atoms with van der Waals surface area (Å²) in [5.41, 5.74) is -2.88. The van der Waals surface area contributed by atoms with Crippen molar-refractivity contribution in [2.24, 2.45) is 11.8 Å². The number of benzene rings is 1. The van der Waals surface area contributed by atoms with Crippen molar-refractivity contribution in [3.05, 3.63) is 29.8 Å². The maximum atomic E-state index is 13.6. The van der Waals surface area contributed by atoms with Gasteiger partial charge in [0.15, 0.2) is 5.60 Å². The first-order valence-electron chi connectivity index (χ1n) is 12.4. The lowest BCUT2D eigenvalue weighted by Crippen LogP contribution is -2.64. The van der Waals surface area contributed by atoms with Gasteiger partial charge in [-0.2, -0.15) is 4.31 Å². The Hall–Kier alpha value is -2.70. The fourth-order valence-electron chi connectivity index (χ4n) is 5.87. The third kappa shape index (κ3) is 5.06. The molecule has 2 saturated carbocycles. The Morgan fingerprint density at radius 1 is 0.973 bits per heavy atom. The number of amides is 1. The summed E-state index contributed by atoms with van der Waals surface area (Å²) in [5, 5.41) is 14.7. The number of sulfonamides is 1. The SMILES string of the molecule is COC(=O)[C@H]1C[C@@]2(O)CN(S(=O)(=O)c3ccc(C)cc3)C[C@@]2(OC(=O)NC2CCCC2)C[C@H]1C(=O)OC. The third-order valence-electron chi connectivity index (χ3n) is 7.94. The van der Waals surface area contributed by atoms with Crippen LogP contribution in [-0.2, 0) is 33.8 Å². The van der Waals surface area contributed by atoms with Crippen LogP contribution in [0.1, 0.15) is 44.1 Å². The number of ether oxygens (including phenoxy) is 3. The lowest BCUT2D eigenvalue weighted by Gasteiger charge is -2.48. The Kier molecular flexibility index (Phi) is 7.55. The smallest absolute Gasteiger partial charge is 0.408 e. The van der Waals surface area contributed by atoms with Crippen LogP contribution in [0.25, 0.3) is 0 Å². The number of carbonyl (C=O) groups excluding carboxylic acids is 3. The highest BCUT2D eigenvalue weighted by molar-refractivity contribution is 7.89. The third-order valence-corrected chi connectivity index (χ3v) is 9.75. The van der Waals surface area contributed by atoms with Gasteiger partial charge < -0.3 is 24.6 Å². The molecule has 0 bridgehead atoms. The number of β-amino-alcohol motifs (C(OH)–C–C–N with tert-alkyl or cyclic N) is 1. The van der Waals surface area contributed by atoms with Gasteiger partial charge in [0.1, 0.15) is 5.60 Å². The van der Waals surface area contributed by atoms with E-state index in [-0.39, 0.29) is 30.3 Å². The van der Waals surface area contributed by atoms with Crippen molar-refractivity contribution in [2.75, 3.05) is 27.3 Å². The lowest BCUT2D eigenvalue weighted by atomic mass is 9.64. The van der Waals surface area contributed by atoms with E-state index >= 15 is 0 Å². The Bertz CT molecular complexity index is 1150. The highest BCUT2D eigenvalue weighted by Gasteiger charge is 2.68. The molecule has 3 aliphatic rings. The van der Waals surface area contributed by atoms with Gasteiger partial charge in [0.2, 0.25) is 10.0 Å². The number of fused-ring (bicyclic) bond motifs is 1. The van der Waals surface area contributed by atoms with Crippen LogP contribution in [-0.4, -0.2) is 80.4 Å². The zero-order valence-corrected chi connectivity index (χ0v) is 22.1. The average molecular weight is 539 g/mol. The quantitative estimate of drug-likeness (QED) is 0.406. The van der Waals surface area contributed by atoms with Gasteiger partial charge in [0, 0.05) is 19.0 Å². The fraction of sp³-hybridized carbons (Fsp3) is 0.640. The Labute approximate surface area is 216 Å². The van der Waals surface area contributed by atoms with E-state index in [4.69, 9.17) is 14.2 Å². The number of nitrogens with one attached hydrogen (secondary N) is 1. The molecule has 204 valence electrons. The number of rotatable bonds is 6. The van der Waals surface area contributed by atoms with Crippen LogP contribution in [0.3, 0.4) is 0 Å². The van der Waals surface area contributed by atoms with Crippen LogP contribution in [0.2, 0.25) is 0 Å². The normalized spacial score (nSPS) is 30.4. The lowest BCUT2D eigenvalue weighted by molar-refractivity contribution is -0.192. The molecule has 1 saturated heterocycles. The molecule has 0 aromatic heterocycles. The summed E-state index contributed by atoms with van der Waals surface area (Å²) in [6.45, 7) is 1.01. The Balaban J connectivity index is 1.72. The van der Waals surface area contributed by atoms with Crippen molar-refractivity contribution in [3.8, 4) is 0 Å². The number of hydrogen-bond acceptors (Lipinski definition) is 9. The van der Waals surface area contributed by atoms with E-state index in [0.717, 1.165) is 42.7 Å². The van der Waals surface area contributed by atoms with Gasteiger partial charge in [-0.15, -0.1) is 0 Å². The van der Waals surface area contributed by atoms with Crippen LogP contribution >= 0.6 is 0 Å². The molecule has 2 N–H and O–H groups in total. The van der Waals surface area contributed by atoms with Gasteiger partial charge in [0.05, 0.1) is 37.5 Å². The van der Waals surface area contributed by atoms with E-state index in [1.165, 1.54) is 19.2 Å². The largest absolute Gasteiger partial charge is 0.469 e. The highest BCUT2D eigenvalue weighted by atomic mass is 32.2. The molecule has 2 aliphatic carbocycles. The zero-order valence-electron chi connectivity index (χ0n) is 21.3. The summed E-state index contributed by atoms with van der Waals surface area (Å²) in [6.07, 6.45) is 2.04. The number of nitrogens with zero attached hydrogens (tertiary/aromatic N) is 1. The standard InChI is InChI=1S/C25H34N2O9S/c1-16-8-10-18(11-9-16)37(32,33)27-14-24(31)12-19(21(28)34-2)20(22(29)35-3)13-25(24,15-27)36-23(30)26-17-6-4-5-7-17/h8-11,17,19-20,31H,4-7,12-15H2,1-3H3,(H,26,30)/t19-,20+,24+,25-/m0/s1. The monoisotopic (exact) mass is 538 g/mol. The van der Waals surface area contributed by atoms with Crippen molar-refractivity contribution < 1.29 is 42.1 Å². The highest BCUT2D eigenvalue weighted by Crippen LogP contribution is 2.51. The number of aryl methyl sites for hydroxylation is 1. The van der Waals surface area contributed by atoms with Crippen molar-refractivity contribution >= 4 is 28.1 Å². The summed E-state index contributed by atoms with van der Waals surface area (Å²) in [6, 6.07) is 6.16. The second-order valence-corrected chi connectivity index (χ2v) is 12.2. The average Bonchev–Trinajstić information content (AvgIpc) is 3.47. The summed E-state index contributed by atoms with van der Waals surface area (Å²) in [5.74, 6) is -3.71. The molecule has 37 heavy (non-hydrogen) atoms. The van der Waals surface area contributed by atoms with E-state index in [0.29, 0.717) is 0 Å². The molecule has 0 unspecified atom stereocenters. The van der Waals surface area contributed by atoms with E-state index < -0.39 is 57.6 Å². The molecule has 4 rings (SSSR count). The van der Waals surface area contributed by atoms with E-state index in [1.807, 2.05) is 6.92 Å². The van der Waals surface area contributed by atoms with Crippen LogP contribution in [0.15, 0.2) is 29.2 Å². The van der Waals surface area contributed by atoms with Gasteiger partial charge in [-0.25, -0.2) is 13.2 Å². The molecule has 12 heteroatoms. The minimum Gasteiger partial charge on any atom is -0.469 e. The minimum atomic E-state index is -4.11. The predicted octanol–water partition coefficient (Wildman–Crippen LogP) is 1.51. The molecule has 1 aromatic rings. The molecule has 11 nitrogen and oxygen atoms in total. The topological polar surface area (TPSA) is 149 Å². The number of esters is 2. The number of methoxy groups -OCH3 is 2. The Morgan fingerprint density at radius 2 is 1.54 bits per heavy atom. The van der Waals surface area contributed by atoms with Crippen LogP contribution in [0.5, 0.6) is 0 Å². The summed E-state index contributed by atoms with van der Waals surface area (Å²) in [4.78, 5) is 38.4. The number of carbonyl (C=O) groups is 3. The van der Waals surface area contributed by atoms with E-state index in [9.17, 15) is 27.9 Å². The molecule has 1 amide bonds. The summed E-state index contributed by atoms with van der Waals surface area (Å²) >= 11 is 0. The first kappa shape index (κ1) is 27.3. The molecule has 3 fully saturated rings. The maximum Gasteiger partial charge on any atom is 0.408 e. The molecular formula is C25H34N2O9S. The van der Waals surface area contributed by atoms with Gasteiger partial charge in [0.25, 0.3) is 0 Å². The predicted molar refractivity (Wildman–Crippen MR) is 130 cm³/mol. The second kappa shape index (κ2) is 10.2. The number of aliphatic hydroxyl groups is 1. The van der Waals surface area contributed by atoms with Crippen LogP contribution in [0, 0.1) is 18.8 Å². The molecular weight excluding hydrogens is 504 g/mol. The van der Waals surface area contributed by atoms with Crippen molar-refractivity contribution in [1.82, 2.24) is 9.62 Å². The number of hydrogen-bond donors (Lipinski definition) is 2. The maximum absolute atomic E-state index is 13.6. The van der Waals surface area contributed by atoms with Crippen molar-refractivity contribution in [2.45, 2.75) is 67.6 Å². The summed E-state index contributed by atoms with van der Waals surface area (Å²) < 4.78 is 43.8.